The highest BCUT2D eigenvalue weighted by Crippen LogP contribution is 2.31. The van der Waals surface area contributed by atoms with E-state index in [9.17, 15) is 4.79 Å². The molecule has 1 fully saturated rings. The fourth-order valence-electron chi connectivity index (χ4n) is 3.16. The summed E-state index contributed by atoms with van der Waals surface area (Å²) in [5, 5.41) is 13.5. The Morgan fingerprint density at radius 1 is 1.37 bits per heavy atom. The molecule has 0 bridgehead atoms. The molecule has 3 aromatic rings. The van der Waals surface area contributed by atoms with Crippen LogP contribution in [0.1, 0.15) is 29.5 Å². The van der Waals surface area contributed by atoms with Gasteiger partial charge in [-0.15, -0.1) is 10.2 Å². The van der Waals surface area contributed by atoms with Gasteiger partial charge >= 0.3 is 0 Å². The van der Waals surface area contributed by atoms with Crippen molar-refractivity contribution in [3.8, 4) is 0 Å². The van der Waals surface area contributed by atoms with Gasteiger partial charge in [-0.3, -0.25) is 20.0 Å². The number of likely N-dealkylation sites (N-methyl/N-ethyl adjacent to an activating group) is 1. The monoisotopic (exact) mass is 383 g/mol. The Balaban J connectivity index is 1.32. The first-order valence-electron chi connectivity index (χ1n) is 8.94. The predicted octanol–water partition coefficient (Wildman–Crippen LogP) is 3.01. The van der Waals surface area contributed by atoms with Crippen molar-refractivity contribution in [2.24, 2.45) is 0 Å². The van der Waals surface area contributed by atoms with Crippen molar-refractivity contribution in [2.45, 2.75) is 25.5 Å². The first-order chi connectivity index (χ1) is 13.2. The van der Waals surface area contributed by atoms with Crippen LogP contribution in [0.4, 0.5) is 5.13 Å². The van der Waals surface area contributed by atoms with Crippen molar-refractivity contribution in [2.75, 3.05) is 25.5 Å². The lowest BCUT2D eigenvalue weighted by atomic mass is 10.1. The van der Waals surface area contributed by atoms with Gasteiger partial charge in [0.15, 0.2) is 0 Å². The summed E-state index contributed by atoms with van der Waals surface area (Å²) in [6, 6.07) is 10.1. The summed E-state index contributed by atoms with van der Waals surface area (Å²) in [5.74, 6) is -0.110. The highest BCUT2D eigenvalue weighted by atomic mass is 32.1. The van der Waals surface area contributed by atoms with Gasteiger partial charge in [-0.1, -0.05) is 29.5 Å². The molecular formula is C19H21N5O2S. The van der Waals surface area contributed by atoms with Crippen LogP contribution >= 0.6 is 11.3 Å². The number of anilines is 1. The van der Waals surface area contributed by atoms with Crippen LogP contribution < -0.4 is 5.32 Å². The van der Waals surface area contributed by atoms with Gasteiger partial charge in [-0.25, -0.2) is 0 Å². The second-order valence-electron chi connectivity index (χ2n) is 6.70. The number of carbonyl (C=O) groups is 1. The Hall–Kier alpha value is -2.42. The highest BCUT2D eigenvalue weighted by Gasteiger charge is 2.22. The molecule has 1 aromatic carbocycles. The number of hydrogen-bond acceptors (Lipinski definition) is 7. The van der Waals surface area contributed by atoms with Crippen molar-refractivity contribution < 1.29 is 9.53 Å². The third kappa shape index (κ3) is 4.47. The number of benzene rings is 1. The maximum Gasteiger partial charge on any atom is 0.240 e. The molecule has 7 nitrogen and oxygen atoms in total. The first-order valence-corrected chi connectivity index (χ1v) is 9.76. The minimum Gasteiger partial charge on any atom is -0.371 e. The van der Waals surface area contributed by atoms with Crippen LogP contribution in [0.15, 0.2) is 36.5 Å². The van der Waals surface area contributed by atoms with Crippen LogP contribution in [0.5, 0.6) is 0 Å². The van der Waals surface area contributed by atoms with Crippen LogP contribution in [-0.2, 0) is 16.1 Å². The van der Waals surface area contributed by atoms with E-state index in [1.54, 1.807) is 0 Å². The van der Waals surface area contributed by atoms with Crippen LogP contribution in [0.25, 0.3) is 10.9 Å². The number of nitrogens with one attached hydrogen (secondary N) is 1. The summed E-state index contributed by atoms with van der Waals surface area (Å²) >= 11 is 1.38. The molecule has 2 aromatic heterocycles. The van der Waals surface area contributed by atoms with Gasteiger partial charge in [0.05, 0.1) is 12.1 Å². The third-order valence-corrected chi connectivity index (χ3v) is 5.34. The summed E-state index contributed by atoms with van der Waals surface area (Å²) in [7, 11) is 1.91. The average molecular weight is 383 g/mol. The topological polar surface area (TPSA) is 80.2 Å². The summed E-state index contributed by atoms with van der Waals surface area (Å²) < 4.78 is 5.60. The van der Waals surface area contributed by atoms with Gasteiger partial charge in [0.1, 0.15) is 11.1 Å². The molecule has 0 saturated carbocycles. The Morgan fingerprint density at radius 2 is 2.26 bits per heavy atom. The number of nitrogens with zero attached hydrogens (tertiary/aromatic N) is 4. The normalized spacial score (nSPS) is 16.9. The summed E-state index contributed by atoms with van der Waals surface area (Å²) in [6.07, 6.45) is 3.89. The Morgan fingerprint density at radius 3 is 3.11 bits per heavy atom. The molecule has 3 heterocycles. The zero-order valence-corrected chi connectivity index (χ0v) is 15.9. The lowest BCUT2D eigenvalue weighted by molar-refractivity contribution is -0.117. The maximum atomic E-state index is 12.3. The molecule has 8 heteroatoms. The first kappa shape index (κ1) is 18.0. The van der Waals surface area contributed by atoms with E-state index >= 15 is 0 Å². The SMILES string of the molecule is CN(CC(=O)Nc1nnc(C2CCCO2)s1)Cc1cnc2ccccc2c1. The van der Waals surface area contributed by atoms with Crippen LogP contribution in [-0.4, -0.2) is 46.2 Å². The average Bonchev–Trinajstić information content (AvgIpc) is 3.33. The van der Waals surface area contributed by atoms with E-state index in [-0.39, 0.29) is 18.6 Å². The lowest BCUT2D eigenvalue weighted by Crippen LogP contribution is -2.29. The minimum atomic E-state index is -0.110. The van der Waals surface area contributed by atoms with Crippen LogP contribution in [0, 0.1) is 0 Å². The molecule has 1 atom stereocenters. The summed E-state index contributed by atoms with van der Waals surface area (Å²) in [6.45, 7) is 1.67. The number of amides is 1. The van der Waals surface area contributed by atoms with Crippen molar-refractivity contribution in [3.63, 3.8) is 0 Å². The van der Waals surface area contributed by atoms with E-state index in [0.29, 0.717) is 11.7 Å². The molecule has 1 N–H and O–H groups in total. The second-order valence-corrected chi connectivity index (χ2v) is 7.71. The van der Waals surface area contributed by atoms with E-state index in [4.69, 9.17) is 4.74 Å². The second kappa shape index (κ2) is 8.08. The molecule has 1 aliphatic heterocycles. The molecule has 0 aliphatic carbocycles. The minimum absolute atomic E-state index is 0.0243. The fraction of sp³-hybridized carbons (Fsp3) is 0.368. The van der Waals surface area contributed by atoms with E-state index in [2.05, 4.69) is 26.6 Å². The van der Waals surface area contributed by atoms with Gasteiger partial charge in [0.25, 0.3) is 0 Å². The molecule has 1 amide bonds. The molecular weight excluding hydrogens is 362 g/mol. The lowest BCUT2D eigenvalue weighted by Gasteiger charge is -2.15. The molecule has 1 unspecified atom stereocenters. The number of pyridine rings is 1. The van der Waals surface area contributed by atoms with E-state index in [0.717, 1.165) is 40.9 Å². The van der Waals surface area contributed by atoms with Crippen molar-refractivity contribution >= 4 is 33.3 Å². The third-order valence-electron chi connectivity index (χ3n) is 4.41. The van der Waals surface area contributed by atoms with Crippen LogP contribution in [0.2, 0.25) is 0 Å². The summed E-state index contributed by atoms with van der Waals surface area (Å²) in [5.41, 5.74) is 2.04. The van der Waals surface area contributed by atoms with Crippen molar-refractivity contribution in [3.05, 3.63) is 47.1 Å². The number of aromatic nitrogens is 3. The number of hydrogen-bond donors (Lipinski definition) is 1. The number of ether oxygens (including phenoxy) is 1. The number of fused-ring (bicyclic) bond motifs is 1. The van der Waals surface area contributed by atoms with Crippen molar-refractivity contribution in [1.29, 1.82) is 0 Å². The zero-order chi connectivity index (χ0) is 18.6. The predicted molar refractivity (Wildman–Crippen MR) is 105 cm³/mol. The smallest absolute Gasteiger partial charge is 0.240 e. The van der Waals surface area contributed by atoms with Gasteiger partial charge in [0.2, 0.25) is 11.0 Å². The molecule has 140 valence electrons. The summed E-state index contributed by atoms with van der Waals surface area (Å²) in [4.78, 5) is 18.7. The Bertz CT molecular complexity index is 939. The number of carbonyl (C=O) groups excluding carboxylic acids is 1. The fourth-order valence-corrected chi connectivity index (χ4v) is 4.01. The van der Waals surface area contributed by atoms with Gasteiger partial charge in [-0.2, -0.15) is 0 Å². The van der Waals surface area contributed by atoms with Gasteiger partial charge < -0.3 is 4.74 Å². The van der Waals surface area contributed by atoms with Crippen LogP contribution in [0.3, 0.4) is 0 Å². The molecule has 0 radical (unpaired) electrons. The van der Waals surface area contributed by atoms with E-state index in [1.807, 2.05) is 42.4 Å². The number of rotatable bonds is 6. The van der Waals surface area contributed by atoms with Gasteiger partial charge in [-0.05, 0) is 37.6 Å². The molecule has 0 spiro atoms. The van der Waals surface area contributed by atoms with Gasteiger partial charge in [0, 0.05) is 24.7 Å². The Kier molecular flexibility index (Phi) is 5.38. The standard InChI is InChI=1S/C19H21N5O2S/c1-24(11-13-9-14-5-2-3-6-15(14)20-10-13)12-17(25)21-19-23-22-18(27-19)16-7-4-8-26-16/h2-3,5-6,9-10,16H,4,7-8,11-12H2,1H3,(H,21,23,25). The molecule has 4 rings (SSSR count). The molecule has 27 heavy (non-hydrogen) atoms. The highest BCUT2D eigenvalue weighted by molar-refractivity contribution is 7.15. The zero-order valence-electron chi connectivity index (χ0n) is 15.1. The number of para-hydroxylation sites is 1. The van der Waals surface area contributed by atoms with Crippen molar-refractivity contribution in [1.82, 2.24) is 20.1 Å². The molecule has 1 saturated heterocycles. The maximum absolute atomic E-state index is 12.3. The van der Waals surface area contributed by atoms with E-state index < -0.39 is 0 Å². The Labute approximate surface area is 161 Å². The molecule has 1 aliphatic rings. The quantitative estimate of drug-likeness (QED) is 0.705. The largest absolute Gasteiger partial charge is 0.371 e. The van der Waals surface area contributed by atoms with E-state index in [1.165, 1.54) is 11.3 Å².